The van der Waals surface area contributed by atoms with Gasteiger partial charge in [-0.05, 0) is 45.4 Å². The molecule has 0 aromatic carbocycles. The Morgan fingerprint density at radius 2 is 1.19 bits per heavy atom. The predicted molar refractivity (Wildman–Crippen MR) is 131 cm³/mol. The van der Waals surface area contributed by atoms with Crippen LogP contribution in [-0.2, 0) is 38.0 Å². The van der Waals surface area contributed by atoms with Crippen LogP contribution in [0.5, 0.6) is 0 Å². The number of ether oxygens (including phenoxy) is 7. The summed E-state index contributed by atoms with van der Waals surface area (Å²) in [6.45, 7) is 8.45. The molecule has 6 aliphatic rings. The van der Waals surface area contributed by atoms with Gasteiger partial charge in [0.1, 0.15) is 5.60 Å². The molecule has 0 radical (unpaired) electrons. The summed E-state index contributed by atoms with van der Waals surface area (Å²) in [7, 11) is 3.47. The first-order valence-electron chi connectivity index (χ1n) is 13.9. The maximum atomic E-state index is 13.4. The van der Waals surface area contributed by atoms with Crippen molar-refractivity contribution in [2.75, 3.05) is 40.6 Å². The van der Waals surface area contributed by atoms with Crippen LogP contribution in [0.15, 0.2) is 0 Å². The molecule has 2 saturated heterocycles. The number of hydrogen-bond acceptors (Lipinski definition) is 8. The summed E-state index contributed by atoms with van der Waals surface area (Å²) in [6.07, 6.45) is 8.35. The van der Waals surface area contributed by atoms with Crippen LogP contribution in [0.25, 0.3) is 0 Å². The van der Waals surface area contributed by atoms with Crippen molar-refractivity contribution in [3.63, 3.8) is 0 Å². The van der Waals surface area contributed by atoms with Gasteiger partial charge >= 0.3 is 5.97 Å². The molecule has 6 rings (SSSR count). The summed E-state index contributed by atoms with van der Waals surface area (Å²) in [5.74, 6) is -1.15. The third-order valence-electron chi connectivity index (χ3n) is 9.72. The van der Waals surface area contributed by atoms with Crippen LogP contribution in [0.2, 0.25) is 0 Å². The predicted octanol–water partition coefficient (Wildman–Crippen LogP) is 4.52. The highest BCUT2D eigenvalue weighted by atomic mass is 16.7. The summed E-state index contributed by atoms with van der Waals surface area (Å²) in [4.78, 5) is 13.4. The molecule has 2 unspecified atom stereocenters. The second-order valence-electron chi connectivity index (χ2n) is 12.8. The van der Waals surface area contributed by atoms with Gasteiger partial charge in [-0.2, -0.15) is 0 Å². The summed E-state index contributed by atoms with van der Waals surface area (Å²) in [5.41, 5.74) is -2.11. The van der Waals surface area contributed by atoms with E-state index < -0.39 is 33.8 Å². The van der Waals surface area contributed by atoms with Crippen LogP contribution in [-0.4, -0.2) is 75.0 Å². The lowest BCUT2D eigenvalue weighted by Gasteiger charge is -2.67. The molecule has 2 atom stereocenters. The molecule has 0 spiro atoms. The summed E-state index contributed by atoms with van der Waals surface area (Å²) >= 11 is 0. The van der Waals surface area contributed by atoms with Crippen LogP contribution in [0.4, 0.5) is 0 Å². The Labute approximate surface area is 216 Å². The van der Waals surface area contributed by atoms with Crippen molar-refractivity contribution in [1.82, 2.24) is 0 Å². The van der Waals surface area contributed by atoms with Gasteiger partial charge in [-0.25, -0.2) is 0 Å². The van der Waals surface area contributed by atoms with Gasteiger partial charge in [0.15, 0.2) is 11.6 Å². The van der Waals surface area contributed by atoms with Crippen molar-refractivity contribution in [1.29, 1.82) is 0 Å². The number of rotatable bonds is 9. The van der Waals surface area contributed by atoms with E-state index in [1.54, 1.807) is 14.2 Å². The lowest BCUT2D eigenvalue weighted by molar-refractivity contribution is -0.387. The minimum Gasteiger partial charge on any atom is -0.458 e. The normalized spacial score (nSPS) is 39.2. The minimum atomic E-state index is -0.684. The number of hydrogen-bond donors (Lipinski definition) is 0. The molecule has 206 valence electrons. The molecule has 0 amide bonds. The molecule has 8 nitrogen and oxygen atoms in total. The SMILES string of the molecule is CCC(C)(C)C(=O)OC12CC3CC(OC4(OC)CCOCC4)(C1)CC(OC1(OC)CCOCC1)(C3)C2. The molecule has 4 aliphatic carbocycles. The highest BCUT2D eigenvalue weighted by Gasteiger charge is 2.69. The average molecular weight is 511 g/mol. The molecule has 36 heavy (non-hydrogen) atoms. The van der Waals surface area contributed by atoms with E-state index in [0.717, 1.165) is 32.1 Å². The highest BCUT2D eigenvalue weighted by Crippen LogP contribution is 2.65. The Morgan fingerprint density at radius 3 is 1.61 bits per heavy atom. The maximum absolute atomic E-state index is 13.4. The van der Waals surface area contributed by atoms with Gasteiger partial charge < -0.3 is 33.2 Å². The smallest absolute Gasteiger partial charge is 0.312 e. The molecule has 8 heteroatoms. The van der Waals surface area contributed by atoms with Gasteiger partial charge in [-0.3, -0.25) is 4.79 Å². The van der Waals surface area contributed by atoms with Gasteiger partial charge in [0.2, 0.25) is 0 Å². The van der Waals surface area contributed by atoms with Crippen molar-refractivity contribution in [2.24, 2.45) is 11.3 Å². The Kier molecular flexibility index (Phi) is 7.04. The van der Waals surface area contributed by atoms with Gasteiger partial charge in [0.25, 0.3) is 0 Å². The van der Waals surface area contributed by atoms with Crippen LogP contribution in [0, 0.1) is 11.3 Å². The fourth-order valence-electron chi connectivity index (χ4n) is 7.85. The zero-order chi connectivity index (χ0) is 25.7. The summed E-state index contributed by atoms with van der Waals surface area (Å²) < 4.78 is 44.1. The maximum Gasteiger partial charge on any atom is 0.312 e. The lowest BCUT2D eigenvalue weighted by Crippen LogP contribution is -2.71. The number of methoxy groups -OCH3 is 2. The molecule has 6 fully saturated rings. The Hall–Kier alpha value is -0.770. The molecule has 0 N–H and O–H groups in total. The van der Waals surface area contributed by atoms with E-state index in [2.05, 4.69) is 0 Å². The van der Waals surface area contributed by atoms with E-state index in [4.69, 9.17) is 33.2 Å². The van der Waals surface area contributed by atoms with Crippen molar-refractivity contribution < 1.29 is 38.0 Å². The minimum absolute atomic E-state index is 0.128. The van der Waals surface area contributed by atoms with Crippen LogP contribution in [0.3, 0.4) is 0 Å². The third kappa shape index (κ3) is 4.87. The fraction of sp³-hybridized carbons (Fsp3) is 0.964. The quantitative estimate of drug-likeness (QED) is 0.331. The van der Waals surface area contributed by atoms with Crippen LogP contribution in [0.1, 0.15) is 91.4 Å². The standard InChI is InChI=1S/C28H46O8/c1-6-23(2,3)22(29)34-24-15-21-16-25(18-24,35-27(30-4)7-11-32-12-8-27)20-26(17-21,19-24)36-28(31-5)9-13-33-14-10-28/h21H,6-20H2,1-5H3. The van der Waals surface area contributed by atoms with Crippen molar-refractivity contribution in [2.45, 2.75) is 120 Å². The molecular weight excluding hydrogens is 464 g/mol. The third-order valence-corrected chi connectivity index (χ3v) is 9.72. The average Bonchev–Trinajstić information content (AvgIpc) is 2.83. The van der Waals surface area contributed by atoms with E-state index in [-0.39, 0.29) is 5.97 Å². The first-order valence-corrected chi connectivity index (χ1v) is 13.9. The summed E-state index contributed by atoms with van der Waals surface area (Å²) in [6, 6.07) is 0. The molecule has 2 heterocycles. The number of esters is 1. The largest absolute Gasteiger partial charge is 0.458 e. The molecule has 0 aromatic rings. The van der Waals surface area contributed by atoms with Crippen molar-refractivity contribution in [3.8, 4) is 0 Å². The van der Waals surface area contributed by atoms with E-state index in [0.29, 0.717) is 70.9 Å². The molecular formula is C28H46O8. The highest BCUT2D eigenvalue weighted by molar-refractivity contribution is 5.76. The first-order chi connectivity index (χ1) is 17.0. The van der Waals surface area contributed by atoms with Gasteiger partial charge in [0, 0.05) is 59.2 Å². The lowest BCUT2D eigenvalue weighted by atomic mass is 9.50. The zero-order valence-electron chi connectivity index (χ0n) is 22.9. The van der Waals surface area contributed by atoms with Crippen molar-refractivity contribution in [3.05, 3.63) is 0 Å². The Morgan fingerprint density at radius 1 is 0.778 bits per heavy atom. The van der Waals surface area contributed by atoms with Crippen LogP contribution < -0.4 is 0 Å². The fourth-order valence-corrected chi connectivity index (χ4v) is 7.85. The molecule has 2 aliphatic heterocycles. The summed E-state index contributed by atoms with van der Waals surface area (Å²) in [5, 5.41) is 0. The number of carbonyl (C=O) groups is 1. The van der Waals surface area contributed by atoms with Gasteiger partial charge in [-0.1, -0.05) is 6.92 Å². The van der Waals surface area contributed by atoms with E-state index in [1.165, 1.54) is 0 Å². The Balaban J connectivity index is 1.49. The first kappa shape index (κ1) is 26.8. The monoisotopic (exact) mass is 510 g/mol. The van der Waals surface area contributed by atoms with E-state index in [1.807, 2.05) is 20.8 Å². The molecule has 0 aromatic heterocycles. The zero-order valence-corrected chi connectivity index (χ0v) is 22.9. The molecule has 4 saturated carbocycles. The van der Waals surface area contributed by atoms with E-state index >= 15 is 0 Å². The Bertz CT molecular complexity index is 768. The molecule has 4 bridgehead atoms. The second-order valence-corrected chi connectivity index (χ2v) is 12.8. The van der Waals surface area contributed by atoms with Crippen molar-refractivity contribution >= 4 is 5.97 Å². The second kappa shape index (κ2) is 9.45. The van der Waals surface area contributed by atoms with E-state index in [9.17, 15) is 4.79 Å². The van der Waals surface area contributed by atoms with Gasteiger partial charge in [0.05, 0.1) is 43.0 Å². The van der Waals surface area contributed by atoms with Crippen LogP contribution >= 0.6 is 0 Å². The topological polar surface area (TPSA) is 81.7 Å². The number of carbonyl (C=O) groups excluding carboxylic acids is 1. The van der Waals surface area contributed by atoms with Gasteiger partial charge in [-0.15, -0.1) is 0 Å².